The molecule has 27 heavy (non-hydrogen) atoms. The Hall–Kier alpha value is -2.80. The first kappa shape index (κ1) is 19.0. The van der Waals surface area contributed by atoms with Crippen LogP contribution in [-0.4, -0.2) is 31.9 Å². The number of carbonyl (C=O) groups is 1. The molecule has 0 aliphatic heterocycles. The van der Waals surface area contributed by atoms with Gasteiger partial charge in [-0.25, -0.2) is 14.5 Å². The lowest BCUT2D eigenvalue weighted by Crippen LogP contribution is -2.32. The predicted octanol–water partition coefficient (Wildman–Crippen LogP) is 3.47. The van der Waals surface area contributed by atoms with Crippen LogP contribution in [0.1, 0.15) is 23.9 Å². The summed E-state index contributed by atoms with van der Waals surface area (Å²) in [5.74, 6) is 1.66. The number of amides is 2. The van der Waals surface area contributed by atoms with Crippen LogP contribution in [0.4, 0.5) is 10.6 Å². The van der Waals surface area contributed by atoms with E-state index in [0.29, 0.717) is 30.5 Å². The average Bonchev–Trinajstić information content (AvgIpc) is 3.25. The molecule has 0 unspecified atom stereocenters. The SMILES string of the molecule is CCc1nccn1CCNC(=O)Nc1c(C)cnn1Cc1ccccc1Cl. The molecule has 2 aromatic heterocycles. The Kier molecular flexibility index (Phi) is 6.13. The lowest BCUT2D eigenvalue weighted by Gasteiger charge is -2.12. The molecule has 0 spiro atoms. The highest BCUT2D eigenvalue weighted by atomic mass is 35.5. The average molecular weight is 387 g/mol. The van der Waals surface area contributed by atoms with E-state index in [4.69, 9.17) is 11.6 Å². The number of aryl methyl sites for hydroxylation is 2. The topological polar surface area (TPSA) is 76.8 Å². The third kappa shape index (κ3) is 4.68. The number of nitrogens with zero attached hydrogens (tertiary/aromatic N) is 4. The van der Waals surface area contributed by atoms with Gasteiger partial charge >= 0.3 is 6.03 Å². The third-order valence-corrected chi connectivity index (χ3v) is 4.66. The van der Waals surface area contributed by atoms with Gasteiger partial charge in [0.05, 0.1) is 12.7 Å². The lowest BCUT2D eigenvalue weighted by atomic mass is 10.2. The summed E-state index contributed by atoms with van der Waals surface area (Å²) in [6.07, 6.45) is 6.28. The molecule has 0 aliphatic carbocycles. The highest BCUT2D eigenvalue weighted by Crippen LogP contribution is 2.20. The first-order chi connectivity index (χ1) is 13.1. The van der Waals surface area contributed by atoms with Crippen molar-refractivity contribution in [3.8, 4) is 0 Å². The second kappa shape index (κ2) is 8.73. The van der Waals surface area contributed by atoms with E-state index in [2.05, 4.69) is 27.6 Å². The van der Waals surface area contributed by atoms with Gasteiger partial charge < -0.3 is 9.88 Å². The number of imidazole rings is 1. The number of hydrogen-bond acceptors (Lipinski definition) is 3. The summed E-state index contributed by atoms with van der Waals surface area (Å²) >= 11 is 6.23. The maximum absolute atomic E-state index is 12.3. The van der Waals surface area contributed by atoms with Gasteiger partial charge in [0, 0.05) is 42.5 Å². The van der Waals surface area contributed by atoms with Gasteiger partial charge in [-0.2, -0.15) is 5.10 Å². The molecular formula is C19H23ClN6O. The number of benzene rings is 1. The number of urea groups is 1. The fraction of sp³-hybridized carbons (Fsp3) is 0.316. The van der Waals surface area contributed by atoms with Crippen LogP contribution in [0.5, 0.6) is 0 Å². The van der Waals surface area contributed by atoms with E-state index in [-0.39, 0.29) is 6.03 Å². The molecule has 2 heterocycles. The number of halogens is 1. The molecule has 2 amide bonds. The first-order valence-corrected chi connectivity index (χ1v) is 9.27. The summed E-state index contributed by atoms with van der Waals surface area (Å²) in [5, 5.41) is 10.8. The molecule has 0 bridgehead atoms. The zero-order valence-electron chi connectivity index (χ0n) is 15.4. The molecular weight excluding hydrogens is 364 g/mol. The van der Waals surface area contributed by atoms with Crippen LogP contribution < -0.4 is 10.6 Å². The first-order valence-electron chi connectivity index (χ1n) is 8.89. The van der Waals surface area contributed by atoms with Gasteiger partial charge in [-0.15, -0.1) is 0 Å². The van der Waals surface area contributed by atoms with Crippen molar-refractivity contribution in [2.24, 2.45) is 0 Å². The summed E-state index contributed by atoms with van der Waals surface area (Å²) in [6, 6.07) is 7.33. The summed E-state index contributed by atoms with van der Waals surface area (Å²) in [6.45, 7) is 5.63. The van der Waals surface area contributed by atoms with Gasteiger partial charge in [0.1, 0.15) is 11.6 Å². The highest BCUT2D eigenvalue weighted by Gasteiger charge is 2.12. The number of anilines is 1. The number of aromatic nitrogens is 4. The number of carbonyl (C=O) groups excluding carboxylic acids is 1. The molecule has 0 atom stereocenters. The van der Waals surface area contributed by atoms with E-state index in [1.54, 1.807) is 17.1 Å². The molecule has 3 rings (SSSR count). The van der Waals surface area contributed by atoms with Crippen LogP contribution in [0.15, 0.2) is 42.9 Å². The minimum Gasteiger partial charge on any atom is -0.336 e. The van der Waals surface area contributed by atoms with Crippen LogP contribution in [-0.2, 0) is 19.5 Å². The molecule has 8 heteroatoms. The number of hydrogen-bond donors (Lipinski definition) is 2. The smallest absolute Gasteiger partial charge is 0.320 e. The Labute approximate surface area is 163 Å². The van der Waals surface area contributed by atoms with Gasteiger partial charge in [-0.3, -0.25) is 5.32 Å². The Morgan fingerprint density at radius 1 is 1.30 bits per heavy atom. The van der Waals surface area contributed by atoms with E-state index in [1.807, 2.05) is 42.0 Å². The molecule has 0 fully saturated rings. The predicted molar refractivity (Wildman–Crippen MR) is 106 cm³/mol. The van der Waals surface area contributed by atoms with E-state index >= 15 is 0 Å². The monoisotopic (exact) mass is 386 g/mol. The maximum Gasteiger partial charge on any atom is 0.320 e. The van der Waals surface area contributed by atoms with E-state index < -0.39 is 0 Å². The van der Waals surface area contributed by atoms with Crippen LogP contribution in [0.3, 0.4) is 0 Å². The Morgan fingerprint density at radius 3 is 2.89 bits per heavy atom. The summed E-state index contributed by atoms with van der Waals surface area (Å²) in [7, 11) is 0. The molecule has 0 radical (unpaired) electrons. The van der Waals surface area contributed by atoms with Gasteiger partial charge in [-0.05, 0) is 18.6 Å². The fourth-order valence-corrected chi connectivity index (χ4v) is 3.04. The zero-order valence-corrected chi connectivity index (χ0v) is 16.2. The van der Waals surface area contributed by atoms with Crippen molar-refractivity contribution in [1.82, 2.24) is 24.6 Å². The second-order valence-electron chi connectivity index (χ2n) is 6.20. The lowest BCUT2D eigenvalue weighted by molar-refractivity contribution is 0.251. The molecule has 0 aliphatic rings. The molecule has 3 aromatic rings. The standard InChI is InChI=1S/C19H23ClN6O/c1-3-17-21-8-10-25(17)11-9-22-19(27)24-18-14(2)12-23-26(18)13-15-6-4-5-7-16(15)20/h4-8,10,12H,3,9,11,13H2,1-2H3,(H2,22,24,27). The molecule has 142 valence electrons. The van der Waals surface area contributed by atoms with Crippen molar-refractivity contribution in [2.75, 3.05) is 11.9 Å². The van der Waals surface area contributed by atoms with Crippen molar-refractivity contribution in [2.45, 2.75) is 33.4 Å². The third-order valence-electron chi connectivity index (χ3n) is 4.29. The molecule has 0 saturated heterocycles. The van der Waals surface area contributed by atoms with Crippen molar-refractivity contribution in [1.29, 1.82) is 0 Å². The summed E-state index contributed by atoms with van der Waals surface area (Å²) in [5.41, 5.74) is 1.83. The Morgan fingerprint density at radius 2 is 2.11 bits per heavy atom. The quantitative estimate of drug-likeness (QED) is 0.652. The van der Waals surface area contributed by atoms with Gasteiger partial charge in [-0.1, -0.05) is 36.7 Å². The summed E-state index contributed by atoms with van der Waals surface area (Å²) in [4.78, 5) is 16.6. The van der Waals surface area contributed by atoms with E-state index in [0.717, 1.165) is 23.4 Å². The van der Waals surface area contributed by atoms with Gasteiger partial charge in [0.15, 0.2) is 0 Å². The van der Waals surface area contributed by atoms with E-state index in [9.17, 15) is 4.79 Å². The normalized spacial score (nSPS) is 10.8. The Balaban J connectivity index is 1.59. The molecule has 1 aromatic carbocycles. The minimum atomic E-state index is -0.267. The molecule has 2 N–H and O–H groups in total. The maximum atomic E-state index is 12.3. The zero-order chi connectivity index (χ0) is 19.2. The molecule has 7 nitrogen and oxygen atoms in total. The van der Waals surface area contributed by atoms with Crippen molar-refractivity contribution in [3.05, 3.63) is 64.8 Å². The Bertz CT molecular complexity index is 917. The second-order valence-corrected chi connectivity index (χ2v) is 6.60. The fourth-order valence-electron chi connectivity index (χ4n) is 2.85. The summed E-state index contributed by atoms with van der Waals surface area (Å²) < 4.78 is 3.77. The largest absolute Gasteiger partial charge is 0.336 e. The van der Waals surface area contributed by atoms with Crippen molar-refractivity contribution >= 4 is 23.4 Å². The van der Waals surface area contributed by atoms with Gasteiger partial charge in [0.2, 0.25) is 0 Å². The van der Waals surface area contributed by atoms with Crippen molar-refractivity contribution < 1.29 is 4.79 Å². The number of nitrogens with one attached hydrogen (secondary N) is 2. The number of rotatable bonds is 7. The minimum absolute atomic E-state index is 0.267. The van der Waals surface area contributed by atoms with Crippen LogP contribution in [0, 0.1) is 6.92 Å². The highest BCUT2D eigenvalue weighted by molar-refractivity contribution is 6.31. The van der Waals surface area contributed by atoms with Crippen molar-refractivity contribution in [3.63, 3.8) is 0 Å². The van der Waals surface area contributed by atoms with E-state index in [1.165, 1.54) is 0 Å². The van der Waals surface area contributed by atoms with Gasteiger partial charge in [0.25, 0.3) is 0 Å². The van der Waals surface area contributed by atoms with Crippen LogP contribution in [0.2, 0.25) is 5.02 Å². The van der Waals surface area contributed by atoms with Crippen LogP contribution >= 0.6 is 11.6 Å². The van der Waals surface area contributed by atoms with Crippen LogP contribution in [0.25, 0.3) is 0 Å². The molecule has 0 saturated carbocycles.